The van der Waals surface area contributed by atoms with Crippen LogP contribution < -0.4 is 10.6 Å². The van der Waals surface area contributed by atoms with E-state index in [4.69, 9.17) is 0 Å². The van der Waals surface area contributed by atoms with Gasteiger partial charge in [0.1, 0.15) is 12.0 Å². The highest BCUT2D eigenvalue weighted by Crippen LogP contribution is 2.25. The standard InChI is InChI=1S/C12H12FN5O2/c1-2-14-12-15-7-10(18(19)20)11(17-12)16-9-5-3-8(13)4-6-9/h3-7H,2H2,1H3,(H2,14,15,16,17). The lowest BCUT2D eigenvalue weighted by Crippen LogP contribution is -2.06. The zero-order chi connectivity index (χ0) is 14.5. The minimum atomic E-state index is -0.582. The number of anilines is 3. The maximum Gasteiger partial charge on any atom is 0.329 e. The summed E-state index contributed by atoms with van der Waals surface area (Å²) in [5, 5.41) is 16.6. The van der Waals surface area contributed by atoms with Gasteiger partial charge >= 0.3 is 5.69 Å². The molecule has 1 aromatic heterocycles. The molecule has 0 saturated carbocycles. The van der Waals surface area contributed by atoms with Crippen molar-refractivity contribution in [3.05, 3.63) is 46.4 Å². The van der Waals surface area contributed by atoms with E-state index in [0.717, 1.165) is 6.20 Å². The SMILES string of the molecule is CCNc1ncc([N+](=O)[O-])c(Nc2ccc(F)cc2)n1. The molecule has 7 nitrogen and oxygen atoms in total. The number of benzene rings is 1. The van der Waals surface area contributed by atoms with Gasteiger partial charge in [-0.25, -0.2) is 9.37 Å². The van der Waals surface area contributed by atoms with E-state index in [2.05, 4.69) is 20.6 Å². The summed E-state index contributed by atoms with van der Waals surface area (Å²) < 4.78 is 12.8. The van der Waals surface area contributed by atoms with Crippen LogP contribution in [0, 0.1) is 15.9 Å². The Morgan fingerprint density at radius 2 is 2.05 bits per heavy atom. The average Bonchev–Trinajstić information content (AvgIpc) is 2.42. The molecule has 0 aliphatic carbocycles. The zero-order valence-corrected chi connectivity index (χ0v) is 10.6. The molecule has 0 saturated heterocycles. The first-order chi connectivity index (χ1) is 9.60. The monoisotopic (exact) mass is 277 g/mol. The fraction of sp³-hybridized carbons (Fsp3) is 0.167. The van der Waals surface area contributed by atoms with Gasteiger partial charge in [-0.2, -0.15) is 4.98 Å². The predicted octanol–water partition coefficient (Wildman–Crippen LogP) is 2.70. The summed E-state index contributed by atoms with van der Waals surface area (Å²) in [5.74, 6) is -0.0589. The van der Waals surface area contributed by atoms with Gasteiger partial charge in [0.05, 0.1) is 4.92 Å². The van der Waals surface area contributed by atoms with Crippen molar-refractivity contribution in [3.63, 3.8) is 0 Å². The molecule has 0 unspecified atom stereocenters. The molecule has 20 heavy (non-hydrogen) atoms. The summed E-state index contributed by atoms with van der Waals surface area (Å²) in [4.78, 5) is 18.2. The zero-order valence-electron chi connectivity index (χ0n) is 10.6. The van der Waals surface area contributed by atoms with E-state index in [-0.39, 0.29) is 23.3 Å². The summed E-state index contributed by atoms with van der Waals surface area (Å²) in [6.07, 6.45) is 1.12. The number of hydrogen-bond acceptors (Lipinski definition) is 6. The Labute approximate surface area is 114 Å². The molecule has 1 aromatic carbocycles. The van der Waals surface area contributed by atoms with Gasteiger partial charge in [-0.3, -0.25) is 10.1 Å². The second-order valence-corrected chi connectivity index (χ2v) is 3.85. The summed E-state index contributed by atoms with van der Waals surface area (Å²) in [6.45, 7) is 2.45. The molecule has 2 rings (SSSR count). The molecule has 0 aliphatic heterocycles. The number of nitrogens with zero attached hydrogens (tertiary/aromatic N) is 3. The van der Waals surface area contributed by atoms with Gasteiger partial charge in [0.2, 0.25) is 11.8 Å². The van der Waals surface area contributed by atoms with Crippen molar-refractivity contribution in [1.29, 1.82) is 0 Å². The van der Waals surface area contributed by atoms with E-state index in [1.807, 2.05) is 6.92 Å². The van der Waals surface area contributed by atoms with Crippen LogP contribution in [0.1, 0.15) is 6.92 Å². The Morgan fingerprint density at radius 3 is 2.65 bits per heavy atom. The topological polar surface area (TPSA) is 93.0 Å². The number of nitro groups is 1. The van der Waals surface area contributed by atoms with Crippen LogP contribution in [-0.2, 0) is 0 Å². The molecular weight excluding hydrogens is 265 g/mol. The van der Waals surface area contributed by atoms with Gasteiger partial charge < -0.3 is 10.6 Å². The van der Waals surface area contributed by atoms with Gasteiger partial charge in [0.15, 0.2) is 0 Å². The largest absolute Gasteiger partial charge is 0.354 e. The van der Waals surface area contributed by atoms with Crippen molar-refractivity contribution in [2.24, 2.45) is 0 Å². The molecule has 0 bridgehead atoms. The van der Waals surface area contributed by atoms with Crippen molar-refractivity contribution in [2.75, 3.05) is 17.2 Å². The maximum atomic E-state index is 12.8. The van der Waals surface area contributed by atoms with Crippen molar-refractivity contribution in [2.45, 2.75) is 6.92 Å². The Hall–Kier alpha value is -2.77. The molecular formula is C12H12FN5O2. The lowest BCUT2D eigenvalue weighted by atomic mass is 10.3. The molecule has 0 amide bonds. The van der Waals surface area contributed by atoms with Crippen LogP contribution in [0.25, 0.3) is 0 Å². The van der Waals surface area contributed by atoms with Crippen molar-refractivity contribution < 1.29 is 9.31 Å². The molecule has 0 radical (unpaired) electrons. The lowest BCUT2D eigenvalue weighted by molar-refractivity contribution is -0.384. The van der Waals surface area contributed by atoms with E-state index in [9.17, 15) is 14.5 Å². The van der Waals surface area contributed by atoms with Crippen LogP contribution in [0.15, 0.2) is 30.5 Å². The third-order valence-corrected chi connectivity index (χ3v) is 2.41. The van der Waals surface area contributed by atoms with Crippen LogP contribution in [0.2, 0.25) is 0 Å². The van der Waals surface area contributed by atoms with Gasteiger partial charge in [0.25, 0.3) is 0 Å². The van der Waals surface area contributed by atoms with Gasteiger partial charge in [-0.05, 0) is 31.2 Å². The first-order valence-electron chi connectivity index (χ1n) is 5.88. The van der Waals surface area contributed by atoms with Crippen molar-refractivity contribution in [1.82, 2.24) is 9.97 Å². The summed E-state index contributed by atoms with van der Waals surface area (Å²) in [7, 11) is 0. The van der Waals surface area contributed by atoms with E-state index in [1.54, 1.807) is 0 Å². The maximum absolute atomic E-state index is 12.8. The summed E-state index contributed by atoms with van der Waals surface area (Å²) in [5.41, 5.74) is 0.242. The molecule has 0 spiro atoms. The number of hydrogen-bond donors (Lipinski definition) is 2. The predicted molar refractivity (Wildman–Crippen MR) is 72.5 cm³/mol. The molecule has 8 heteroatoms. The van der Waals surface area contributed by atoms with E-state index in [1.165, 1.54) is 24.3 Å². The molecule has 2 aromatic rings. The second kappa shape index (κ2) is 5.91. The number of aromatic nitrogens is 2. The van der Waals surface area contributed by atoms with E-state index in [0.29, 0.717) is 12.2 Å². The highest BCUT2D eigenvalue weighted by Gasteiger charge is 2.17. The smallest absolute Gasteiger partial charge is 0.329 e. The van der Waals surface area contributed by atoms with Crippen molar-refractivity contribution in [3.8, 4) is 0 Å². The van der Waals surface area contributed by atoms with Crippen LogP contribution in [0.5, 0.6) is 0 Å². The van der Waals surface area contributed by atoms with Crippen LogP contribution >= 0.6 is 0 Å². The Balaban J connectivity index is 2.34. The highest BCUT2D eigenvalue weighted by molar-refractivity contribution is 5.65. The summed E-state index contributed by atoms with van der Waals surface area (Å²) >= 11 is 0. The Bertz CT molecular complexity index is 618. The molecule has 1 heterocycles. The van der Waals surface area contributed by atoms with Crippen LogP contribution in [-0.4, -0.2) is 21.4 Å². The third-order valence-electron chi connectivity index (χ3n) is 2.41. The fourth-order valence-electron chi connectivity index (χ4n) is 1.51. The fourth-order valence-corrected chi connectivity index (χ4v) is 1.51. The third kappa shape index (κ3) is 3.16. The van der Waals surface area contributed by atoms with Gasteiger partial charge in [-0.1, -0.05) is 0 Å². The van der Waals surface area contributed by atoms with Gasteiger partial charge in [0, 0.05) is 12.2 Å². The first-order valence-corrected chi connectivity index (χ1v) is 5.88. The first kappa shape index (κ1) is 13.7. The minimum Gasteiger partial charge on any atom is -0.354 e. The number of nitrogens with one attached hydrogen (secondary N) is 2. The average molecular weight is 277 g/mol. The van der Waals surface area contributed by atoms with Crippen LogP contribution in [0.4, 0.5) is 27.5 Å². The van der Waals surface area contributed by atoms with Gasteiger partial charge in [-0.15, -0.1) is 0 Å². The van der Waals surface area contributed by atoms with E-state index >= 15 is 0 Å². The molecule has 0 atom stereocenters. The second-order valence-electron chi connectivity index (χ2n) is 3.85. The molecule has 104 valence electrons. The van der Waals surface area contributed by atoms with E-state index < -0.39 is 4.92 Å². The minimum absolute atomic E-state index is 0.0487. The van der Waals surface area contributed by atoms with Crippen molar-refractivity contribution >= 4 is 23.1 Å². The number of rotatable bonds is 5. The molecule has 0 aliphatic rings. The Kier molecular flexibility index (Phi) is 4.04. The van der Waals surface area contributed by atoms with Crippen LogP contribution in [0.3, 0.4) is 0 Å². The number of halogens is 1. The quantitative estimate of drug-likeness (QED) is 0.644. The molecule has 0 fully saturated rings. The Morgan fingerprint density at radius 1 is 1.35 bits per heavy atom. The summed E-state index contributed by atoms with van der Waals surface area (Å²) in [6, 6.07) is 5.43. The highest BCUT2D eigenvalue weighted by atomic mass is 19.1. The lowest BCUT2D eigenvalue weighted by Gasteiger charge is -2.08. The normalized spacial score (nSPS) is 10.1. The molecule has 2 N–H and O–H groups in total.